The summed E-state index contributed by atoms with van der Waals surface area (Å²) in [6.07, 6.45) is 0. The molecule has 2 aromatic heterocycles. The molecule has 16 heavy (non-hydrogen) atoms. The molecule has 0 aliphatic rings. The highest BCUT2D eigenvalue weighted by Crippen LogP contribution is 2.44. The fourth-order valence-corrected chi connectivity index (χ4v) is 4.74. The quantitative estimate of drug-likeness (QED) is 0.601. The highest BCUT2D eigenvalue weighted by atomic mass is 79.9. The summed E-state index contributed by atoms with van der Waals surface area (Å²) in [5, 5.41) is 1.84. The number of hydrogen-bond donors (Lipinski definition) is 0. The van der Waals surface area contributed by atoms with Crippen molar-refractivity contribution in [2.45, 2.75) is 5.38 Å². The Morgan fingerprint density at radius 3 is 2.75 bits per heavy atom. The molecular weight excluding hydrogens is 396 g/mol. The SMILES string of the molecule is COc1ccsc1C(Cl)c1cc(Br)c(Br)s1. The predicted octanol–water partition coefficient (Wildman–Crippen LogP) is 5.67. The Hall–Kier alpha value is 0.450. The second-order valence-corrected chi connectivity index (χ2v) is 7.63. The summed E-state index contributed by atoms with van der Waals surface area (Å²) in [6, 6.07) is 3.97. The zero-order valence-corrected chi connectivity index (χ0v) is 13.7. The fourth-order valence-electron chi connectivity index (χ4n) is 1.28. The van der Waals surface area contributed by atoms with Crippen LogP contribution in [0.2, 0.25) is 0 Å². The molecule has 2 heterocycles. The lowest BCUT2D eigenvalue weighted by atomic mass is 10.3. The lowest BCUT2D eigenvalue weighted by Gasteiger charge is -2.07. The van der Waals surface area contributed by atoms with Gasteiger partial charge in [-0.15, -0.1) is 34.3 Å². The molecule has 0 aliphatic carbocycles. The van der Waals surface area contributed by atoms with Crippen LogP contribution in [0.5, 0.6) is 5.75 Å². The second kappa shape index (κ2) is 5.40. The van der Waals surface area contributed by atoms with Crippen molar-refractivity contribution in [2.75, 3.05) is 7.11 Å². The van der Waals surface area contributed by atoms with E-state index < -0.39 is 0 Å². The van der Waals surface area contributed by atoms with E-state index in [2.05, 4.69) is 31.9 Å². The Bertz CT molecular complexity index is 475. The molecular formula is C10H7Br2ClOS2. The van der Waals surface area contributed by atoms with Gasteiger partial charge in [-0.1, -0.05) is 0 Å². The molecule has 2 rings (SSSR count). The van der Waals surface area contributed by atoms with E-state index in [-0.39, 0.29) is 5.38 Å². The molecule has 0 saturated heterocycles. The van der Waals surface area contributed by atoms with E-state index in [1.807, 2.05) is 17.5 Å². The van der Waals surface area contributed by atoms with Crippen LogP contribution in [0.25, 0.3) is 0 Å². The molecule has 0 spiro atoms. The highest BCUT2D eigenvalue weighted by Gasteiger charge is 2.20. The van der Waals surface area contributed by atoms with E-state index in [1.54, 1.807) is 29.8 Å². The molecule has 1 unspecified atom stereocenters. The first-order valence-electron chi connectivity index (χ1n) is 4.33. The van der Waals surface area contributed by atoms with Gasteiger partial charge in [-0.25, -0.2) is 0 Å². The normalized spacial score (nSPS) is 12.8. The number of methoxy groups -OCH3 is 1. The van der Waals surface area contributed by atoms with Crippen LogP contribution in [0, 0.1) is 0 Å². The summed E-state index contributed by atoms with van der Waals surface area (Å²) >= 11 is 16.6. The first kappa shape index (κ1) is 12.9. The van der Waals surface area contributed by atoms with Gasteiger partial charge in [0.05, 0.1) is 15.8 Å². The van der Waals surface area contributed by atoms with Gasteiger partial charge in [-0.2, -0.15) is 0 Å². The summed E-state index contributed by atoms with van der Waals surface area (Å²) in [7, 11) is 1.66. The maximum absolute atomic E-state index is 6.44. The van der Waals surface area contributed by atoms with E-state index >= 15 is 0 Å². The second-order valence-electron chi connectivity index (χ2n) is 2.99. The summed E-state index contributed by atoms with van der Waals surface area (Å²) < 4.78 is 7.37. The van der Waals surface area contributed by atoms with Gasteiger partial charge in [0.25, 0.3) is 0 Å². The maximum Gasteiger partial charge on any atom is 0.134 e. The van der Waals surface area contributed by atoms with Crippen LogP contribution in [0.4, 0.5) is 0 Å². The van der Waals surface area contributed by atoms with Gasteiger partial charge in [-0.05, 0) is 49.4 Å². The molecule has 0 N–H and O–H groups in total. The number of rotatable bonds is 3. The van der Waals surface area contributed by atoms with Crippen LogP contribution < -0.4 is 4.74 Å². The standard InChI is InChI=1S/C10H7Br2ClOS2/c1-14-6-2-3-15-9(6)8(13)7-4-5(11)10(12)16-7/h2-4,8H,1H3. The number of alkyl halides is 1. The van der Waals surface area contributed by atoms with Crippen LogP contribution in [0.15, 0.2) is 25.8 Å². The Labute approximate surface area is 124 Å². The monoisotopic (exact) mass is 400 g/mol. The Morgan fingerprint density at radius 2 is 2.19 bits per heavy atom. The van der Waals surface area contributed by atoms with Crippen molar-refractivity contribution in [3.8, 4) is 5.75 Å². The van der Waals surface area contributed by atoms with Crippen molar-refractivity contribution in [2.24, 2.45) is 0 Å². The van der Waals surface area contributed by atoms with Crippen molar-refractivity contribution in [3.63, 3.8) is 0 Å². The lowest BCUT2D eigenvalue weighted by Crippen LogP contribution is -1.90. The van der Waals surface area contributed by atoms with Gasteiger partial charge in [0, 0.05) is 9.35 Å². The Morgan fingerprint density at radius 1 is 1.44 bits per heavy atom. The molecule has 0 bridgehead atoms. The van der Waals surface area contributed by atoms with Crippen molar-refractivity contribution in [1.82, 2.24) is 0 Å². The predicted molar refractivity (Wildman–Crippen MR) is 78.3 cm³/mol. The molecule has 0 aromatic carbocycles. The average molecular weight is 403 g/mol. The van der Waals surface area contributed by atoms with E-state index in [1.165, 1.54) is 0 Å². The van der Waals surface area contributed by atoms with E-state index in [0.717, 1.165) is 23.8 Å². The Balaban J connectivity index is 2.35. The average Bonchev–Trinajstić information content (AvgIpc) is 2.85. The third-order valence-electron chi connectivity index (χ3n) is 2.02. The van der Waals surface area contributed by atoms with Crippen LogP contribution >= 0.6 is 66.1 Å². The third kappa shape index (κ3) is 2.48. The number of hydrogen-bond acceptors (Lipinski definition) is 3. The van der Waals surface area contributed by atoms with Crippen molar-refractivity contribution in [1.29, 1.82) is 0 Å². The topological polar surface area (TPSA) is 9.23 Å². The molecule has 0 radical (unpaired) electrons. The lowest BCUT2D eigenvalue weighted by molar-refractivity contribution is 0.413. The number of halogens is 3. The molecule has 0 amide bonds. The molecule has 0 fully saturated rings. The van der Waals surface area contributed by atoms with Gasteiger partial charge >= 0.3 is 0 Å². The van der Waals surface area contributed by atoms with E-state index in [0.29, 0.717) is 0 Å². The smallest absolute Gasteiger partial charge is 0.134 e. The van der Waals surface area contributed by atoms with Crippen LogP contribution in [0.3, 0.4) is 0 Å². The summed E-state index contributed by atoms with van der Waals surface area (Å²) in [4.78, 5) is 2.14. The van der Waals surface area contributed by atoms with Crippen molar-refractivity contribution < 1.29 is 4.74 Å². The minimum absolute atomic E-state index is 0.150. The largest absolute Gasteiger partial charge is 0.496 e. The van der Waals surface area contributed by atoms with Crippen LogP contribution in [-0.2, 0) is 0 Å². The van der Waals surface area contributed by atoms with Crippen molar-refractivity contribution in [3.05, 3.63) is 35.5 Å². The van der Waals surface area contributed by atoms with Crippen LogP contribution in [0.1, 0.15) is 15.1 Å². The zero-order chi connectivity index (χ0) is 11.7. The molecule has 1 atom stereocenters. The molecule has 0 aliphatic heterocycles. The van der Waals surface area contributed by atoms with Gasteiger partial charge in [0.1, 0.15) is 11.1 Å². The maximum atomic E-state index is 6.44. The third-order valence-corrected chi connectivity index (χ3v) is 7.02. The molecule has 1 nitrogen and oxygen atoms in total. The minimum Gasteiger partial charge on any atom is -0.496 e. The number of ether oxygens (including phenoxy) is 1. The molecule has 2 aromatic rings. The minimum atomic E-state index is -0.150. The zero-order valence-electron chi connectivity index (χ0n) is 8.17. The number of thiophene rings is 2. The van der Waals surface area contributed by atoms with Gasteiger partial charge in [-0.3, -0.25) is 0 Å². The first-order chi connectivity index (χ1) is 7.63. The summed E-state index contributed by atoms with van der Waals surface area (Å²) in [5.41, 5.74) is 0. The van der Waals surface area contributed by atoms with Crippen molar-refractivity contribution >= 4 is 66.1 Å². The van der Waals surface area contributed by atoms with Gasteiger partial charge < -0.3 is 4.74 Å². The molecule has 0 saturated carbocycles. The Kier molecular flexibility index (Phi) is 4.35. The molecule has 86 valence electrons. The summed E-state index contributed by atoms with van der Waals surface area (Å²) in [6.45, 7) is 0. The first-order valence-corrected chi connectivity index (χ1v) is 8.05. The van der Waals surface area contributed by atoms with E-state index in [4.69, 9.17) is 16.3 Å². The van der Waals surface area contributed by atoms with E-state index in [9.17, 15) is 0 Å². The fraction of sp³-hybridized carbons (Fsp3) is 0.200. The molecule has 6 heteroatoms. The highest BCUT2D eigenvalue weighted by molar-refractivity contribution is 9.13. The summed E-state index contributed by atoms with van der Waals surface area (Å²) in [5.74, 6) is 0.852. The van der Waals surface area contributed by atoms with Crippen LogP contribution in [-0.4, -0.2) is 7.11 Å². The van der Waals surface area contributed by atoms with Gasteiger partial charge in [0.2, 0.25) is 0 Å². The van der Waals surface area contributed by atoms with Gasteiger partial charge in [0.15, 0.2) is 0 Å².